The van der Waals surface area contributed by atoms with E-state index in [1.54, 1.807) is 33.4 Å². The normalized spacial score (nSPS) is 17.7. The van der Waals surface area contributed by atoms with Crippen LogP contribution in [0, 0.1) is 0 Å². The summed E-state index contributed by atoms with van der Waals surface area (Å²) >= 11 is 0. The molecule has 0 unspecified atom stereocenters. The van der Waals surface area contributed by atoms with Gasteiger partial charge in [-0.25, -0.2) is 0 Å². The van der Waals surface area contributed by atoms with Crippen LogP contribution in [0.15, 0.2) is 36.4 Å². The summed E-state index contributed by atoms with van der Waals surface area (Å²) in [7, 11) is 0. The van der Waals surface area contributed by atoms with Crippen LogP contribution in [0.2, 0.25) is 0 Å². The molecule has 21 heavy (non-hydrogen) atoms. The zero-order chi connectivity index (χ0) is 14.1. The minimum Gasteiger partial charge on any atom is -0.0588 e. The van der Waals surface area contributed by atoms with Gasteiger partial charge in [-0.3, -0.25) is 0 Å². The Morgan fingerprint density at radius 1 is 0.429 bits per heavy atom. The monoisotopic (exact) mass is 276 g/mol. The van der Waals surface area contributed by atoms with Crippen molar-refractivity contribution in [3.8, 4) is 0 Å². The number of hydrogen-bond donors (Lipinski definition) is 0. The van der Waals surface area contributed by atoms with Crippen LogP contribution in [0.25, 0.3) is 0 Å². The molecular weight excluding hydrogens is 252 g/mol. The van der Waals surface area contributed by atoms with E-state index in [1.807, 2.05) is 0 Å². The molecule has 0 heteroatoms. The van der Waals surface area contributed by atoms with Crippen LogP contribution in [0.4, 0.5) is 0 Å². The fourth-order valence-corrected chi connectivity index (χ4v) is 4.05. The van der Waals surface area contributed by atoms with Crippen LogP contribution < -0.4 is 0 Å². The van der Waals surface area contributed by atoms with Crippen molar-refractivity contribution in [1.82, 2.24) is 0 Å². The fourth-order valence-electron chi connectivity index (χ4n) is 4.05. The van der Waals surface area contributed by atoms with Gasteiger partial charge < -0.3 is 0 Å². The van der Waals surface area contributed by atoms with E-state index < -0.39 is 0 Å². The van der Waals surface area contributed by atoms with E-state index in [-0.39, 0.29) is 0 Å². The molecule has 0 fully saturated rings. The lowest BCUT2D eigenvalue weighted by molar-refractivity contribution is 0.780. The second-order valence-corrected chi connectivity index (χ2v) is 6.82. The molecule has 4 rings (SSSR count). The van der Waals surface area contributed by atoms with E-state index in [9.17, 15) is 0 Å². The van der Waals surface area contributed by atoms with E-state index in [4.69, 9.17) is 0 Å². The molecule has 2 aliphatic rings. The lowest BCUT2D eigenvalue weighted by atomic mass is 9.93. The van der Waals surface area contributed by atoms with Gasteiger partial charge >= 0.3 is 0 Å². The van der Waals surface area contributed by atoms with Crippen molar-refractivity contribution in [1.29, 1.82) is 0 Å². The summed E-state index contributed by atoms with van der Waals surface area (Å²) in [5.74, 6) is 0. The predicted molar refractivity (Wildman–Crippen MR) is 89.0 cm³/mol. The molecule has 2 aliphatic carbocycles. The maximum Gasteiger partial charge on any atom is -0.0273 e. The molecule has 0 aromatic heterocycles. The highest BCUT2D eigenvalue weighted by Crippen LogP contribution is 2.24. The highest BCUT2D eigenvalue weighted by molar-refractivity contribution is 5.35. The molecule has 0 N–H and O–H groups in total. The Labute approximate surface area is 128 Å². The number of fused-ring (bicyclic) bond motifs is 5. The van der Waals surface area contributed by atoms with Crippen molar-refractivity contribution in [2.75, 3.05) is 0 Å². The maximum atomic E-state index is 2.51. The van der Waals surface area contributed by atoms with Gasteiger partial charge in [0, 0.05) is 0 Å². The predicted octanol–water partition coefficient (Wildman–Crippen LogP) is 4.84. The molecule has 0 saturated carbocycles. The minimum atomic E-state index is 1.23. The van der Waals surface area contributed by atoms with Gasteiger partial charge in [0.1, 0.15) is 0 Å². The first-order valence-electron chi connectivity index (χ1n) is 8.59. The summed E-state index contributed by atoms with van der Waals surface area (Å²) in [5, 5.41) is 0. The van der Waals surface area contributed by atoms with Gasteiger partial charge in [0.15, 0.2) is 0 Å². The minimum absolute atomic E-state index is 1.23. The van der Waals surface area contributed by atoms with Gasteiger partial charge in [0.25, 0.3) is 0 Å². The number of rotatable bonds is 0. The summed E-state index contributed by atoms with van der Waals surface area (Å²) in [6, 6.07) is 14.7. The van der Waals surface area contributed by atoms with E-state index >= 15 is 0 Å². The lowest BCUT2D eigenvalue weighted by Crippen LogP contribution is -2.00. The number of hydrogen-bond acceptors (Lipinski definition) is 0. The van der Waals surface area contributed by atoms with Crippen LogP contribution in [-0.4, -0.2) is 0 Å². The molecule has 0 amide bonds. The first kappa shape index (κ1) is 13.1. The standard InChI is InChI=1S/C21H24/c1-4-16-10-11-20-8-2-6-18-12-17(5-1)13-19(14-18)7-3-9-21(20)15-16/h10-15H,1-9H2. The molecule has 5 bridgehead atoms. The van der Waals surface area contributed by atoms with Crippen molar-refractivity contribution < 1.29 is 0 Å². The van der Waals surface area contributed by atoms with E-state index in [0.717, 1.165) is 0 Å². The third-order valence-corrected chi connectivity index (χ3v) is 5.14. The molecule has 0 spiro atoms. The largest absolute Gasteiger partial charge is 0.0588 e. The van der Waals surface area contributed by atoms with Gasteiger partial charge in [-0.15, -0.1) is 0 Å². The number of benzene rings is 2. The van der Waals surface area contributed by atoms with Gasteiger partial charge in [-0.05, 0) is 91.2 Å². The van der Waals surface area contributed by atoms with E-state index in [0.29, 0.717) is 0 Å². The van der Waals surface area contributed by atoms with Crippen LogP contribution in [0.3, 0.4) is 0 Å². The Balaban J connectivity index is 1.81. The maximum absolute atomic E-state index is 2.51. The van der Waals surface area contributed by atoms with Gasteiger partial charge in [0.05, 0.1) is 0 Å². The Kier molecular flexibility index (Phi) is 3.55. The van der Waals surface area contributed by atoms with Crippen molar-refractivity contribution >= 4 is 0 Å². The average molecular weight is 276 g/mol. The Bertz CT molecular complexity index is 650. The fraction of sp³-hybridized carbons (Fsp3) is 0.429. The van der Waals surface area contributed by atoms with Crippen LogP contribution in [-0.2, 0) is 38.5 Å². The summed E-state index contributed by atoms with van der Waals surface area (Å²) in [6.45, 7) is 0. The lowest BCUT2D eigenvalue weighted by Gasteiger charge is -2.13. The molecule has 0 atom stereocenters. The van der Waals surface area contributed by atoms with E-state index in [1.165, 1.54) is 57.8 Å². The highest BCUT2D eigenvalue weighted by atomic mass is 14.2. The van der Waals surface area contributed by atoms with Crippen LogP contribution in [0.1, 0.15) is 52.6 Å². The second-order valence-electron chi connectivity index (χ2n) is 6.82. The molecule has 0 saturated heterocycles. The highest BCUT2D eigenvalue weighted by Gasteiger charge is 2.10. The summed E-state index contributed by atoms with van der Waals surface area (Å²) in [6.07, 6.45) is 11.3. The molecule has 0 nitrogen and oxygen atoms in total. The Morgan fingerprint density at radius 3 is 1.62 bits per heavy atom. The topological polar surface area (TPSA) is 0 Å². The summed E-state index contributed by atoms with van der Waals surface area (Å²) in [5.41, 5.74) is 9.49. The Hall–Kier alpha value is -1.56. The molecular formula is C21H24. The molecule has 2 aromatic carbocycles. The zero-order valence-electron chi connectivity index (χ0n) is 12.8. The van der Waals surface area contributed by atoms with Crippen molar-refractivity contribution in [2.45, 2.75) is 57.8 Å². The van der Waals surface area contributed by atoms with Gasteiger partial charge in [-0.2, -0.15) is 0 Å². The third-order valence-electron chi connectivity index (χ3n) is 5.14. The second kappa shape index (κ2) is 5.67. The van der Waals surface area contributed by atoms with Crippen LogP contribution in [0.5, 0.6) is 0 Å². The molecule has 0 heterocycles. The number of aryl methyl sites for hydroxylation is 6. The first-order valence-corrected chi connectivity index (χ1v) is 8.59. The molecule has 108 valence electrons. The van der Waals surface area contributed by atoms with Crippen molar-refractivity contribution in [2.24, 2.45) is 0 Å². The quantitative estimate of drug-likeness (QED) is 0.646. The van der Waals surface area contributed by atoms with E-state index in [2.05, 4.69) is 36.4 Å². The summed E-state index contributed by atoms with van der Waals surface area (Å²) < 4.78 is 0. The van der Waals surface area contributed by atoms with Gasteiger partial charge in [-0.1, -0.05) is 36.4 Å². The first-order chi connectivity index (χ1) is 10.4. The smallest absolute Gasteiger partial charge is 0.0273 e. The average Bonchev–Trinajstić information content (AvgIpc) is 2.48. The molecule has 2 aromatic rings. The SMILES string of the molecule is c1cc2c3cc1CCCc1cc(cc(c1)CCC3)CCC2. The van der Waals surface area contributed by atoms with Crippen molar-refractivity contribution in [3.05, 3.63) is 69.8 Å². The summed E-state index contributed by atoms with van der Waals surface area (Å²) in [4.78, 5) is 0. The molecule has 0 aliphatic heterocycles. The van der Waals surface area contributed by atoms with Crippen LogP contribution >= 0.6 is 0 Å². The van der Waals surface area contributed by atoms with Gasteiger partial charge in [0.2, 0.25) is 0 Å². The molecule has 0 radical (unpaired) electrons. The van der Waals surface area contributed by atoms with Crippen molar-refractivity contribution in [3.63, 3.8) is 0 Å². The third kappa shape index (κ3) is 2.90. The zero-order valence-corrected chi connectivity index (χ0v) is 12.8. The Morgan fingerprint density at radius 2 is 0.952 bits per heavy atom.